The molecule has 170 valence electrons. The largest absolute Gasteiger partial charge is 0.466 e. The predicted octanol–water partition coefficient (Wildman–Crippen LogP) is 6.57. The monoisotopic (exact) mass is 480 g/mol. The van der Waals surface area contributed by atoms with E-state index in [9.17, 15) is 9.59 Å². The lowest BCUT2D eigenvalue weighted by molar-refractivity contribution is -0.143. The van der Waals surface area contributed by atoms with Gasteiger partial charge in [0.2, 0.25) is 0 Å². The van der Waals surface area contributed by atoms with Gasteiger partial charge in [0.15, 0.2) is 0 Å². The molecule has 30 heavy (non-hydrogen) atoms. The Kier molecular flexibility index (Phi) is 6.48. The van der Waals surface area contributed by atoms with Crippen molar-refractivity contribution < 1.29 is 14.3 Å². The Hall–Kier alpha value is -0.380. The average molecular weight is 482 g/mol. The standard InChI is InChI=1S/C26H41BrO3/c1-5-30-23(29)11-6-16(2)18-9-10-19-17-7-8-21-24(27)22(28)13-15-26(21,4)20(17)12-14-25(18,19)3/h16-21,24H,5-15H2,1-4H3/t16-,17+,18-,19+,20+,21-,24+,25-,26-/m1/s1. The van der Waals surface area contributed by atoms with Crippen molar-refractivity contribution in [3.63, 3.8) is 0 Å². The number of esters is 1. The Morgan fingerprint density at radius 2 is 1.77 bits per heavy atom. The van der Waals surface area contributed by atoms with Gasteiger partial charge in [-0.05, 0) is 105 Å². The highest BCUT2D eigenvalue weighted by molar-refractivity contribution is 9.10. The summed E-state index contributed by atoms with van der Waals surface area (Å²) < 4.78 is 5.17. The van der Waals surface area contributed by atoms with Crippen LogP contribution in [0.2, 0.25) is 0 Å². The molecule has 4 fully saturated rings. The second kappa shape index (κ2) is 8.52. The first-order valence-electron chi connectivity index (χ1n) is 12.5. The topological polar surface area (TPSA) is 43.4 Å². The van der Waals surface area contributed by atoms with Crippen molar-refractivity contribution in [1.82, 2.24) is 0 Å². The van der Waals surface area contributed by atoms with Crippen molar-refractivity contribution in [2.45, 2.75) is 96.7 Å². The van der Waals surface area contributed by atoms with Crippen LogP contribution in [-0.2, 0) is 14.3 Å². The van der Waals surface area contributed by atoms with Crippen molar-refractivity contribution in [1.29, 1.82) is 0 Å². The Balaban J connectivity index is 1.47. The summed E-state index contributed by atoms with van der Waals surface area (Å²) in [6, 6.07) is 0. The van der Waals surface area contributed by atoms with Crippen LogP contribution in [0, 0.1) is 46.3 Å². The van der Waals surface area contributed by atoms with Gasteiger partial charge in [-0.2, -0.15) is 0 Å². The zero-order chi connectivity index (χ0) is 21.7. The first kappa shape index (κ1) is 22.8. The summed E-state index contributed by atoms with van der Waals surface area (Å²) in [6.45, 7) is 9.85. The number of fused-ring (bicyclic) bond motifs is 5. The number of halogens is 1. The Labute approximate surface area is 191 Å². The van der Waals surface area contributed by atoms with E-state index in [-0.39, 0.29) is 10.8 Å². The second-order valence-electron chi connectivity index (χ2n) is 11.5. The highest BCUT2D eigenvalue weighted by Gasteiger charge is 2.61. The van der Waals surface area contributed by atoms with Crippen molar-refractivity contribution in [3.05, 3.63) is 0 Å². The van der Waals surface area contributed by atoms with Gasteiger partial charge in [-0.3, -0.25) is 9.59 Å². The average Bonchev–Trinajstić information content (AvgIpc) is 3.07. The predicted molar refractivity (Wildman–Crippen MR) is 123 cm³/mol. The molecule has 0 aromatic rings. The molecule has 4 aliphatic carbocycles. The van der Waals surface area contributed by atoms with Gasteiger partial charge in [-0.25, -0.2) is 0 Å². The second-order valence-corrected chi connectivity index (χ2v) is 12.5. The molecule has 4 heteroatoms. The van der Waals surface area contributed by atoms with Gasteiger partial charge in [-0.1, -0.05) is 36.7 Å². The molecule has 0 bridgehead atoms. The Morgan fingerprint density at radius 3 is 2.50 bits per heavy atom. The highest BCUT2D eigenvalue weighted by atomic mass is 79.9. The van der Waals surface area contributed by atoms with Crippen molar-refractivity contribution in [2.24, 2.45) is 46.3 Å². The van der Waals surface area contributed by atoms with Crippen molar-refractivity contribution >= 4 is 27.7 Å². The molecule has 0 aromatic heterocycles. The smallest absolute Gasteiger partial charge is 0.305 e. The molecular weight excluding hydrogens is 440 g/mol. The highest BCUT2D eigenvalue weighted by Crippen LogP contribution is 2.68. The molecule has 0 aliphatic heterocycles. The van der Waals surface area contributed by atoms with E-state index in [1.54, 1.807) is 0 Å². The number of rotatable bonds is 5. The number of ether oxygens (including phenoxy) is 1. The maximum absolute atomic E-state index is 12.4. The van der Waals surface area contributed by atoms with Gasteiger partial charge in [0.05, 0.1) is 11.4 Å². The lowest BCUT2D eigenvalue weighted by atomic mass is 9.44. The molecule has 0 radical (unpaired) electrons. The van der Waals surface area contributed by atoms with E-state index in [1.165, 1.54) is 38.5 Å². The molecule has 0 N–H and O–H groups in total. The number of carbonyl (C=O) groups excluding carboxylic acids is 2. The van der Waals surface area contributed by atoms with Crippen LogP contribution in [0.1, 0.15) is 91.9 Å². The van der Waals surface area contributed by atoms with Gasteiger partial charge in [0.25, 0.3) is 0 Å². The van der Waals surface area contributed by atoms with Crippen LogP contribution in [0.4, 0.5) is 0 Å². The molecule has 0 amide bonds. The van der Waals surface area contributed by atoms with E-state index in [2.05, 4.69) is 36.7 Å². The van der Waals surface area contributed by atoms with Crippen molar-refractivity contribution in [2.75, 3.05) is 6.61 Å². The SMILES string of the molecule is CCOC(=O)CC[C@@H](C)[C@H]1CC[C@H]2[C@@H]3CC[C@@H]4[C@H](Br)C(=O)CC[C@]4(C)[C@H]3CC[C@]12C. The van der Waals surface area contributed by atoms with Crippen LogP contribution in [0.15, 0.2) is 0 Å². The first-order valence-corrected chi connectivity index (χ1v) is 13.5. The van der Waals surface area contributed by atoms with Crippen LogP contribution in [0.25, 0.3) is 0 Å². The van der Waals surface area contributed by atoms with Gasteiger partial charge in [-0.15, -0.1) is 0 Å². The molecule has 4 aliphatic rings. The summed E-state index contributed by atoms with van der Waals surface area (Å²) in [4.78, 5) is 24.3. The summed E-state index contributed by atoms with van der Waals surface area (Å²) >= 11 is 3.80. The van der Waals surface area contributed by atoms with Gasteiger partial charge in [0, 0.05) is 12.8 Å². The molecule has 0 unspecified atom stereocenters. The van der Waals surface area contributed by atoms with Gasteiger partial charge < -0.3 is 4.74 Å². The van der Waals surface area contributed by atoms with Crippen LogP contribution in [-0.4, -0.2) is 23.2 Å². The molecule has 0 spiro atoms. The number of Topliss-reactive ketones (excluding diaryl/α,β-unsaturated/α-hetero) is 1. The minimum absolute atomic E-state index is 0.0322. The molecule has 9 atom stereocenters. The van der Waals surface area contributed by atoms with E-state index >= 15 is 0 Å². The summed E-state index contributed by atoms with van der Waals surface area (Å²) in [5, 5.41) is 0. The van der Waals surface area contributed by atoms with Gasteiger partial charge in [0.1, 0.15) is 5.78 Å². The van der Waals surface area contributed by atoms with Crippen LogP contribution < -0.4 is 0 Å². The fourth-order valence-corrected chi connectivity index (χ4v) is 9.94. The quantitative estimate of drug-likeness (QED) is 0.330. The maximum Gasteiger partial charge on any atom is 0.305 e. The zero-order valence-electron chi connectivity index (χ0n) is 19.4. The third-order valence-electron chi connectivity index (χ3n) is 10.4. The number of hydrogen-bond acceptors (Lipinski definition) is 3. The van der Waals surface area contributed by atoms with E-state index in [0.29, 0.717) is 41.5 Å². The molecule has 4 rings (SSSR count). The number of ketones is 1. The fraction of sp³-hybridized carbons (Fsp3) is 0.923. The summed E-state index contributed by atoms with van der Waals surface area (Å²) in [7, 11) is 0. The number of alkyl halides is 1. The summed E-state index contributed by atoms with van der Waals surface area (Å²) in [6.07, 6.45) is 11.3. The van der Waals surface area contributed by atoms with Crippen LogP contribution in [0.5, 0.6) is 0 Å². The Bertz CT molecular complexity index is 677. The lowest BCUT2D eigenvalue weighted by Gasteiger charge is -2.61. The third kappa shape index (κ3) is 3.61. The lowest BCUT2D eigenvalue weighted by Crippen LogP contribution is -2.56. The number of hydrogen-bond donors (Lipinski definition) is 0. The molecule has 0 saturated heterocycles. The zero-order valence-corrected chi connectivity index (χ0v) is 21.0. The van der Waals surface area contributed by atoms with E-state index < -0.39 is 0 Å². The van der Waals surface area contributed by atoms with E-state index in [4.69, 9.17) is 4.74 Å². The minimum Gasteiger partial charge on any atom is -0.466 e. The number of carbonyl (C=O) groups is 2. The minimum atomic E-state index is -0.0322. The third-order valence-corrected chi connectivity index (χ3v) is 11.5. The maximum atomic E-state index is 12.4. The molecular formula is C26H41BrO3. The first-order chi connectivity index (χ1) is 14.2. The Morgan fingerprint density at radius 1 is 1.07 bits per heavy atom. The van der Waals surface area contributed by atoms with Crippen LogP contribution in [0.3, 0.4) is 0 Å². The summed E-state index contributed by atoms with van der Waals surface area (Å²) in [5.74, 6) is 4.72. The van der Waals surface area contributed by atoms with Gasteiger partial charge >= 0.3 is 5.97 Å². The normalized spacial score (nSPS) is 46.5. The molecule has 0 aromatic carbocycles. The fourth-order valence-electron chi connectivity index (χ4n) is 8.85. The van der Waals surface area contributed by atoms with Crippen LogP contribution >= 0.6 is 15.9 Å². The van der Waals surface area contributed by atoms with Crippen molar-refractivity contribution in [3.8, 4) is 0 Å². The van der Waals surface area contributed by atoms with E-state index in [1.807, 2.05) is 6.92 Å². The molecule has 0 heterocycles. The summed E-state index contributed by atoms with van der Waals surface area (Å²) in [5.41, 5.74) is 0.761. The molecule has 3 nitrogen and oxygen atoms in total. The van der Waals surface area contributed by atoms with E-state index in [0.717, 1.165) is 42.9 Å². The molecule has 4 saturated carbocycles.